The predicted molar refractivity (Wildman–Crippen MR) is 76.6 cm³/mol. The second kappa shape index (κ2) is 5.58. The maximum atomic E-state index is 13.7. The molecule has 0 radical (unpaired) electrons. The van der Waals surface area contributed by atoms with Crippen LogP contribution >= 0.6 is 11.3 Å². The van der Waals surface area contributed by atoms with Crippen molar-refractivity contribution < 1.29 is 9.18 Å². The first-order valence-electron chi connectivity index (χ1n) is 6.42. The molecule has 1 amide bonds. The number of aromatic nitrogens is 1. The fourth-order valence-corrected chi connectivity index (χ4v) is 2.86. The topological polar surface area (TPSA) is 36.4 Å². The monoisotopic (exact) mass is 291 g/mol. The first kappa shape index (κ1) is 13.1. The van der Waals surface area contributed by atoms with E-state index in [1.165, 1.54) is 17.4 Å². The molecule has 0 spiro atoms. The normalized spacial score (nSPS) is 15.4. The van der Waals surface area contributed by atoms with E-state index < -0.39 is 0 Å². The molecule has 104 valence electrons. The van der Waals surface area contributed by atoms with Crippen molar-refractivity contribution in [3.63, 3.8) is 0 Å². The number of amides is 1. The number of rotatable bonds is 2. The van der Waals surface area contributed by atoms with Crippen LogP contribution in [0, 0.1) is 5.82 Å². The highest BCUT2D eigenvalue weighted by atomic mass is 32.1. The Morgan fingerprint density at radius 3 is 2.60 bits per heavy atom. The zero-order chi connectivity index (χ0) is 13.9. The molecule has 1 aliphatic rings. The number of benzene rings is 1. The molecule has 0 unspecified atom stereocenters. The standard InChI is InChI=1S/C14H14FN3OS/c15-11-3-1-2-4-13(11)17-5-7-18(8-6-17)14(19)12-9-20-10-16-12/h1-4,9-10H,5-8H2. The van der Waals surface area contributed by atoms with Crippen molar-refractivity contribution in [1.29, 1.82) is 0 Å². The number of hydrogen-bond donors (Lipinski definition) is 0. The number of hydrogen-bond acceptors (Lipinski definition) is 4. The Bertz CT molecular complexity index is 594. The number of carbonyl (C=O) groups is 1. The molecule has 0 N–H and O–H groups in total. The van der Waals surface area contributed by atoms with Gasteiger partial charge in [0.15, 0.2) is 0 Å². The molecular weight excluding hydrogens is 277 g/mol. The van der Waals surface area contributed by atoms with Crippen LogP contribution in [0.1, 0.15) is 10.5 Å². The highest BCUT2D eigenvalue weighted by Crippen LogP contribution is 2.20. The average molecular weight is 291 g/mol. The van der Waals surface area contributed by atoms with Gasteiger partial charge in [-0.2, -0.15) is 0 Å². The summed E-state index contributed by atoms with van der Waals surface area (Å²) in [4.78, 5) is 19.9. The Kier molecular flexibility index (Phi) is 3.64. The third-order valence-electron chi connectivity index (χ3n) is 3.41. The minimum absolute atomic E-state index is 0.0422. The Balaban J connectivity index is 1.65. The minimum atomic E-state index is -0.216. The Labute approximate surface area is 120 Å². The van der Waals surface area contributed by atoms with Crippen molar-refractivity contribution >= 4 is 22.9 Å². The summed E-state index contributed by atoms with van der Waals surface area (Å²) in [5, 5.41) is 1.76. The van der Waals surface area contributed by atoms with Crippen molar-refractivity contribution in [2.75, 3.05) is 31.1 Å². The smallest absolute Gasteiger partial charge is 0.273 e. The van der Waals surface area contributed by atoms with Crippen LogP contribution in [0.15, 0.2) is 35.2 Å². The summed E-state index contributed by atoms with van der Waals surface area (Å²) < 4.78 is 13.7. The third-order valence-corrected chi connectivity index (χ3v) is 4.00. The number of thiazole rings is 1. The summed E-state index contributed by atoms with van der Waals surface area (Å²) in [6.45, 7) is 2.45. The van der Waals surface area contributed by atoms with Crippen molar-refractivity contribution in [2.24, 2.45) is 0 Å². The SMILES string of the molecule is O=C(c1cscn1)N1CCN(c2ccccc2F)CC1. The number of piperazine rings is 1. The van der Waals surface area contributed by atoms with Gasteiger partial charge in [0.2, 0.25) is 0 Å². The summed E-state index contributed by atoms with van der Waals surface area (Å²) in [5.41, 5.74) is 2.76. The van der Waals surface area contributed by atoms with Gasteiger partial charge in [-0.15, -0.1) is 11.3 Å². The van der Waals surface area contributed by atoms with Crippen molar-refractivity contribution in [1.82, 2.24) is 9.88 Å². The van der Waals surface area contributed by atoms with Gasteiger partial charge in [-0.1, -0.05) is 12.1 Å². The summed E-state index contributed by atoms with van der Waals surface area (Å²) >= 11 is 1.41. The second-order valence-corrected chi connectivity index (χ2v) is 5.32. The fourth-order valence-electron chi connectivity index (χ4n) is 2.34. The molecule has 0 saturated carbocycles. The van der Waals surface area contributed by atoms with Crippen molar-refractivity contribution in [3.8, 4) is 0 Å². The lowest BCUT2D eigenvalue weighted by Crippen LogP contribution is -2.49. The molecule has 2 aromatic rings. The van der Waals surface area contributed by atoms with E-state index in [-0.39, 0.29) is 11.7 Å². The quantitative estimate of drug-likeness (QED) is 0.851. The van der Waals surface area contributed by atoms with Gasteiger partial charge in [0.1, 0.15) is 11.5 Å². The molecular formula is C14H14FN3OS. The van der Waals surface area contributed by atoms with Crippen LogP contribution in [0.2, 0.25) is 0 Å². The number of nitrogens with zero attached hydrogens (tertiary/aromatic N) is 3. The predicted octanol–water partition coefficient (Wildman–Crippen LogP) is 2.24. The molecule has 3 rings (SSSR count). The van der Waals surface area contributed by atoms with Crippen molar-refractivity contribution in [3.05, 3.63) is 46.7 Å². The molecule has 6 heteroatoms. The molecule has 1 aliphatic heterocycles. The van der Waals surface area contributed by atoms with Gasteiger partial charge in [-0.05, 0) is 12.1 Å². The summed E-state index contributed by atoms with van der Waals surface area (Å²) in [6.07, 6.45) is 0. The molecule has 2 heterocycles. The van der Waals surface area contributed by atoms with Crippen LogP contribution in [-0.2, 0) is 0 Å². The van der Waals surface area contributed by atoms with Crippen LogP contribution in [0.5, 0.6) is 0 Å². The van der Waals surface area contributed by atoms with Gasteiger partial charge in [0.05, 0.1) is 11.2 Å². The molecule has 0 bridgehead atoms. The van der Waals surface area contributed by atoms with E-state index in [1.54, 1.807) is 27.9 Å². The first-order valence-corrected chi connectivity index (χ1v) is 7.37. The van der Waals surface area contributed by atoms with Crippen LogP contribution in [0.4, 0.5) is 10.1 Å². The molecule has 1 fully saturated rings. The molecule has 0 aliphatic carbocycles. The van der Waals surface area contributed by atoms with Crippen molar-refractivity contribution in [2.45, 2.75) is 0 Å². The van der Waals surface area contributed by atoms with E-state index in [0.717, 1.165) is 0 Å². The summed E-state index contributed by atoms with van der Waals surface area (Å²) in [5.74, 6) is -0.258. The number of carbonyl (C=O) groups excluding carboxylic acids is 1. The second-order valence-electron chi connectivity index (χ2n) is 4.60. The van der Waals surface area contributed by atoms with E-state index in [2.05, 4.69) is 4.98 Å². The van der Waals surface area contributed by atoms with Gasteiger partial charge in [-0.3, -0.25) is 4.79 Å². The van der Waals surface area contributed by atoms with Gasteiger partial charge in [-0.25, -0.2) is 9.37 Å². The zero-order valence-electron chi connectivity index (χ0n) is 10.8. The third kappa shape index (κ3) is 2.51. The van der Waals surface area contributed by atoms with E-state index in [4.69, 9.17) is 0 Å². The Morgan fingerprint density at radius 2 is 1.95 bits per heavy atom. The number of halogens is 1. The number of para-hydroxylation sites is 1. The van der Waals surface area contributed by atoms with E-state index in [0.29, 0.717) is 37.6 Å². The highest BCUT2D eigenvalue weighted by Gasteiger charge is 2.24. The fraction of sp³-hybridized carbons (Fsp3) is 0.286. The van der Waals surface area contributed by atoms with Gasteiger partial charge < -0.3 is 9.80 Å². The largest absolute Gasteiger partial charge is 0.366 e. The highest BCUT2D eigenvalue weighted by molar-refractivity contribution is 7.07. The van der Waals surface area contributed by atoms with E-state index in [1.807, 2.05) is 11.0 Å². The van der Waals surface area contributed by atoms with Gasteiger partial charge in [0.25, 0.3) is 5.91 Å². The molecule has 1 aromatic heterocycles. The van der Waals surface area contributed by atoms with Crippen LogP contribution in [0.25, 0.3) is 0 Å². The zero-order valence-corrected chi connectivity index (χ0v) is 11.6. The lowest BCUT2D eigenvalue weighted by Gasteiger charge is -2.35. The summed E-state index contributed by atoms with van der Waals surface area (Å²) in [7, 11) is 0. The molecule has 1 aromatic carbocycles. The molecule has 0 atom stereocenters. The molecule has 1 saturated heterocycles. The lowest BCUT2D eigenvalue weighted by atomic mass is 10.2. The minimum Gasteiger partial charge on any atom is -0.366 e. The Morgan fingerprint density at radius 1 is 1.20 bits per heavy atom. The molecule has 4 nitrogen and oxygen atoms in total. The Hall–Kier alpha value is -1.95. The first-order chi connectivity index (χ1) is 9.75. The maximum absolute atomic E-state index is 13.7. The van der Waals surface area contributed by atoms with E-state index >= 15 is 0 Å². The maximum Gasteiger partial charge on any atom is 0.273 e. The van der Waals surface area contributed by atoms with Crippen LogP contribution < -0.4 is 4.90 Å². The average Bonchev–Trinajstić information content (AvgIpc) is 3.01. The summed E-state index contributed by atoms with van der Waals surface area (Å²) in [6, 6.07) is 6.74. The van der Waals surface area contributed by atoms with Gasteiger partial charge in [0, 0.05) is 31.6 Å². The lowest BCUT2D eigenvalue weighted by molar-refractivity contribution is 0.0741. The molecule has 20 heavy (non-hydrogen) atoms. The number of anilines is 1. The van der Waals surface area contributed by atoms with Crippen LogP contribution in [0.3, 0.4) is 0 Å². The van der Waals surface area contributed by atoms with Crippen LogP contribution in [-0.4, -0.2) is 42.0 Å². The van der Waals surface area contributed by atoms with E-state index in [9.17, 15) is 9.18 Å². The van der Waals surface area contributed by atoms with Gasteiger partial charge >= 0.3 is 0 Å².